The van der Waals surface area contributed by atoms with Crippen LogP contribution in [0.15, 0.2) is 10.6 Å². The Labute approximate surface area is 145 Å². The van der Waals surface area contributed by atoms with Crippen LogP contribution in [0.2, 0.25) is 0 Å². The Morgan fingerprint density at radius 3 is 2.92 bits per heavy atom. The normalized spacial score (nSPS) is 21.9. The molecular formula is C17H23N5O3. The van der Waals surface area contributed by atoms with Crippen LogP contribution in [0.3, 0.4) is 0 Å². The molecule has 1 saturated heterocycles. The van der Waals surface area contributed by atoms with Crippen LogP contribution in [0.25, 0.3) is 0 Å². The third-order valence-electron chi connectivity index (χ3n) is 5.37. The van der Waals surface area contributed by atoms with Gasteiger partial charge in [-0.3, -0.25) is 4.79 Å². The number of amides is 1. The highest BCUT2D eigenvalue weighted by molar-refractivity contribution is 5.93. The maximum absolute atomic E-state index is 12.7. The Bertz CT molecular complexity index is 770. The number of aromatic nitrogens is 4. The first-order valence-electron chi connectivity index (χ1n) is 8.84. The van der Waals surface area contributed by atoms with Gasteiger partial charge < -0.3 is 14.6 Å². The van der Waals surface area contributed by atoms with Gasteiger partial charge in [0.1, 0.15) is 6.54 Å². The second kappa shape index (κ2) is 6.25. The van der Waals surface area contributed by atoms with Crippen LogP contribution >= 0.6 is 0 Å². The number of aryl methyl sites for hydroxylation is 1. The summed E-state index contributed by atoms with van der Waals surface area (Å²) in [5.41, 5.74) is 1.72. The van der Waals surface area contributed by atoms with E-state index in [-0.39, 0.29) is 17.6 Å². The monoisotopic (exact) mass is 345 g/mol. The van der Waals surface area contributed by atoms with Gasteiger partial charge in [0.05, 0.1) is 23.0 Å². The van der Waals surface area contributed by atoms with Crippen molar-refractivity contribution in [3.63, 3.8) is 0 Å². The van der Waals surface area contributed by atoms with Gasteiger partial charge >= 0.3 is 0 Å². The smallest absolute Gasteiger partial charge is 0.274 e. The standard InChI is InChI=1S/C17H23N5O3/c1-11-9-13(25-20-11)10-22-12(2)15(19-21-22)16(23)18-14-5-8-24-17(14)6-3-4-7-17/h9,14H,3-8,10H2,1-2H3,(H,18,23). The molecular weight excluding hydrogens is 322 g/mol. The van der Waals surface area contributed by atoms with Crippen molar-refractivity contribution in [1.82, 2.24) is 25.5 Å². The van der Waals surface area contributed by atoms with E-state index < -0.39 is 0 Å². The summed E-state index contributed by atoms with van der Waals surface area (Å²) in [5, 5.41) is 15.2. The van der Waals surface area contributed by atoms with Crippen LogP contribution in [-0.4, -0.2) is 44.3 Å². The highest BCUT2D eigenvalue weighted by Gasteiger charge is 2.47. The average molecular weight is 345 g/mol. The van der Waals surface area contributed by atoms with Crippen molar-refractivity contribution in [1.29, 1.82) is 0 Å². The maximum Gasteiger partial charge on any atom is 0.274 e. The molecule has 2 aliphatic rings. The quantitative estimate of drug-likeness (QED) is 0.907. The second-order valence-corrected chi connectivity index (χ2v) is 7.05. The lowest BCUT2D eigenvalue weighted by atomic mass is 9.92. The fraction of sp³-hybridized carbons (Fsp3) is 0.647. The highest BCUT2D eigenvalue weighted by atomic mass is 16.5. The van der Waals surface area contributed by atoms with E-state index in [9.17, 15) is 4.79 Å². The van der Waals surface area contributed by atoms with Crippen molar-refractivity contribution in [3.05, 3.63) is 28.9 Å². The van der Waals surface area contributed by atoms with Crippen LogP contribution in [0.5, 0.6) is 0 Å². The van der Waals surface area contributed by atoms with Gasteiger partial charge in [-0.25, -0.2) is 4.68 Å². The van der Waals surface area contributed by atoms with Gasteiger partial charge in [-0.15, -0.1) is 5.10 Å². The van der Waals surface area contributed by atoms with E-state index in [1.54, 1.807) is 4.68 Å². The van der Waals surface area contributed by atoms with Crippen molar-refractivity contribution in [3.8, 4) is 0 Å². The lowest BCUT2D eigenvalue weighted by molar-refractivity contribution is -0.00404. The molecule has 1 aliphatic heterocycles. The largest absolute Gasteiger partial charge is 0.373 e. The van der Waals surface area contributed by atoms with Gasteiger partial charge in [-0.2, -0.15) is 0 Å². The molecule has 0 radical (unpaired) electrons. The molecule has 2 aromatic rings. The van der Waals surface area contributed by atoms with Gasteiger partial charge in [-0.05, 0) is 33.1 Å². The Morgan fingerprint density at radius 1 is 1.40 bits per heavy atom. The topological polar surface area (TPSA) is 95.1 Å². The van der Waals surface area contributed by atoms with E-state index in [4.69, 9.17) is 9.26 Å². The number of nitrogens with one attached hydrogen (secondary N) is 1. The van der Waals surface area contributed by atoms with E-state index >= 15 is 0 Å². The average Bonchev–Trinajstić information content (AvgIpc) is 3.35. The van der Waals surface area contributed by atoms with E-state index in [0.29, 0.717) is 30.3 Å². The molecule has 1 aliphatic carbocycles. The predicted octanol–water partition coefficient (Wildman–Crippen LogP) is 1.76. The Balaban J connectivity index is 1.47. The molecule has 0 bridgehead atoms. The van der Waals surface area contributed by atoms with E-state index in [2.05, 4.69) is 20.8 Å². The molecule has 8 nitrogen and oxygen atoms in total. The molecule has 1 unspecified atom stereocenters. The van der Waals surface area contributed by atoms with E-state index in [0.717, 1.165) is 37.8 Å². The fourth-order valence-electron chi connectivity index (χ4n) is 4.00. The molecule has 1 amide bonds. The molecule has 25 heavy (non-hydrogen) atoms. The van der Waals surface area contributed by atoms with Crippen LogP contribution in [0.1, 0.15) is 59.7 Å². The Hall–Kier alpha value is -2.22. The summed E-state index contributed by atoms with van der Waals surface area (Å²) in [7, 11) is 0. The zero-order chi connectivity index (χ0) is 17.4. The van der Waals surface area contributed by atoms with Crippen molar-refractivity contribution in [2.75, 3.05) is 6.61 Å². The molecule has 134 valence electrons. The first kappa shape index (κ1) is 16.3. The van der Waals surface area contributed by atoms with Gasteiger partial charge in [0.2, 0.25) is 0 Å². The van der Waals surface area contributed by atoms with Crippen molar-refractivity contribution >= 4 is 5.91 Å². The van der Waals surface area contributed by atoms with Gasteiger partial charge in [-0.1, -0.05) is 23.2 Å². The zero-order valence-corrected chi connectivity index (χ0v) is 14.6. The fourth-order valence-corrected chi connectivity index (χ4v) is 4.00. The Morgan fingerprint density at radius 2 is 2.20 bits per heavy atom. The van der Waals surface area contributed by atoms with Crippen LogP contribution in [0.4, 0.5) is 0 Å². The summed E-state index contributed by atoms with van der Waals surface area (Å²) >= 11 is 0. The number of carbonyl (C=O) groups excluding carboxylic acids is 1. The number of rotatable bonds is 4. The molecule has 2 aromatic heterocycles. The molecule has 1 spiro atoms. The third kappa shape index (κ3) is 2.95. The van der Waals surface area contributed by atoms with Gasteiger partial charge in [0.15, 0.2) is 11.5 Å². The summed E-state index contributed by atoms with van der Waals surface area (Å²) < 4.78 is 12.9. The Kier molecular flexibility index (Phi) is 4.07. The molecule has 4 rings (SSSR count). The number of nitrogens with zero attached hydrogens (tertiary/aromatic N) is 4. The zero-order valence-electron chi connectivity index (χ0n) is 14.6. The maximum atomic E-state index is 12.7. The summed E-state index contributed by atoms with van der Waals surface area (Å²) in [6.07, 6.45) is 5.23. The lowest BCUT2D eigenvalue weighted by Crippen LogP contribution is -2.48. The lowest BCUT2D eigenvalue weighted by Gasteiger charge is -2.30. The van der Waals surface area contributed by atoms with Crippen LogP contribution in [-0.2, 0) is 11.3 Å². The van der Waals surface area contributed by atoms with Crippen molar-refractivity contribution in [2.45, 2.75) is 64.1 Å². The number of ether oxygens (including phenoxy) is 1. The predicted molar refractivity (Wildman–Crippen MR) is 88.1 cm³/mol. The van der Waals surface area contributed by atoms with Crippen molar-refractivity contribution < 1.29 is 14.1 Å². The first-order chi connectivity index (χ1) is 12.1. The second-order valence-electron chi connectivity index (χ2n) is 7.05. The third-order valence-corrected chi connectivity index (χ3v) is 5.37. The number of hydrogen-bond donors (Lipinski definition) is 1. The van der Waals surface area contributed by atoms with Gasteiger partial charge in [0.25, 0.3) is 5.91 Å². The molecule has 2 fully saturated rings. The summed E-state index contributed by atoms with van der Waals surface area (Å²) in [5.74, 6) is 0.505. The minimum absolute atomic E-state index is 0.0592. The van der Waals surface area contributed by atoms with Crippen LogP contribution in [0, 0.1) is 13.8 Å². The molecule has 1 saturated carbocycles. The van der Waals surface area contributed by atoms with Gasteiger partial charge in [0, 0.05) is 12.7 Å². The first-order valence-corrected chi connectivity index (χ1v) is 8.84. The minimum Gasteiger partial charge on any atom is -0.373 e. The summed E-state index contributed by atoms with van der Waals surface area (Å²) in [6, 6.07) is 1.91. The van der Waals surface area contributed by atoms with Crippen molar-refractivity contribution in [2.24, 2.45) is 0 Å². The molecule has 8 heteroatoms. The molecule has 1 atom stereocenters. The minimum atomic E-state index is -0.181. The molecule has 1 N–H and O–H groups in total. The summed E-state index contributed by atoms with van der Waals surface area (Å²) in [4.78, 5) is 12.7. The summed E-state index contributed by atoms with van der Waals surface area (Å²) in [6.45, 7) is 4.82. The van der Waals surface area contributed by atoms with E-state index in [1.807, 2.05) is 19.9 Å². The van der Waals surface area contributed by atoms with Crippen LogP contribution < -0.4 is 5.32 Å². The SMILES string of the molecule is Cc1cc(Cn2nnc(C(=O)NC3CCOC34CCCC4)c2C)on1. The number of carbonyl (C=O) groups is 1. The molecule has 3 heterocycles. The molecule has 0 aromatic carbocycles. The number of hydrogen-bond acceptors (Lipinski definition) is 6. The highest BCUT2D eigenvalue weighted by Crippen LogP contribution is 2.41. The van der Waals surface area contributed by atoms with E-state index in [1.165, 1.54) is 0 Å².